The van der Waals surface area contributed by atoms with Gasteiger partial charge in [0.2, 0.25) is 0 Å². The first-order valence-electron chi connectivity index (χ1n) is 6.27. The van der Waals surface area contributed by atoms with Crippen molar-refractivity contribution in [2.24, 2.45) is 5.73 Å². The monoisotopic (exact) mass is 257 g/mol. The Hall–Kier alpha value is -1.91. The standard InChI is InChI=1S/C15H19N3O/c1-11-7-13(14(8-16)15(17)18-11)10-19-9-12-5-3-2-4-6-12/h2-7H,8-10,16H2,1H3,(H2,17,18). The zero-order chi connectivity index (χ0) is 13.7. The Morgan fingerprint density at radius 3 is 2.58 bits per heavy atom. The van der Waals surface area contributed by atoms with E-state index in [9.17, 15) is 0 Å². The van der Waals surface area contributed by atoms with Crippen LogP contribution >= 0.6 is 0 Å². The third-order valence-electron chi connectivity index (χ3n) is 2.95. The summed E-state index contributed by atoms with van der Waals surface area (Å²) in [5, 5.41) is 0. The van der Waals surface area contributed by atoms with Crippen LogP contribution in [-0.4, -0.2) is 4.98 Å². The van der Waals surface area contributed by atoms with Gasteiger partial charge in [-0.1, -0.05) is 30.3 Å². The average molecular weight is 257 g/mol. The molecule has 0 spiro atoms. The maximum atomic E-state index is 5.87. The Kier molecular flexibility index (Phi) is 4.49. The first-order valence-corrected chi connectivity index (χ1v) is 6.27. The Balaban J connectivity index is 2.03. The number of nitrogens with zero attached hydrogens (tertiary/aromatic N) is 1. The van der Waals surface area contributed by atoms with Gasteiger partial charge in [-0.3, -0.25) is 0 Å². The fourth-order valence-electron chi connectivity index (χ4n) is 2.01. The number of hydrogen-bond acceptors (Lipinski definition) is 4. The number of nitrogens with two attached hydrogens (primary N) is 2. The second kappa shape index (κ2) is 6.31. The highest BCUT2D eigenvalue weighted by Crippen LogP contribution is 2.17. The van der Waals surface area contributed by atoms with Crippen molar-refractivity contribution >= 4 is 5.82 Å². The van der Waals surface area contributed by atoms with E-state index in [0.717, 1.165) is 22.4 Å². The normalized spacial score (nSPS) is 10.6. The van der Waals surface area contributed by atoms with Crippen molar-refractivity contribution in [1.82, 2.24) is 4.98 Å². The van der Waals surface area contributed by atoms with Crippen LogP contribution in [0.15, 0.2) is 36.4 Å². The molecule has 1 aromatic heterocycles. The van der Waals surface area contributed by atoms with Gasteiger partial charge in [-0.05, 0) is 24.1 Å². The van der Waals surface area contributed by atoms with Crippen molar-refractivity contribution in [3.8, 4) is 0 Å². The second-order valence-electron chi connectivity index (χ2n) is 4.47. The van der Waals surface area contributed by atoms with E-state index in [1.54, 1.807) is 0 Å². The molecule has 0 atom stereocenters. The van der Waals surface area contributed by atoms with E-state index in [0.29, 0.717) is 25.6 Å². The van der Waals surface area contributed by atoms with E-state index in [4.69, 9.17) is 16.2 Å². The number of ether oxygens (including phenoxy) is 1. The van der Waals surface area contributed by atoms with Gasteiger partial charge in [0, 0.05) is 17.8 Å². The molecule has 100 valence electrons. The number of aryl methyl sites for hydroxylation is 1. The zero-order valence-electron chi connectivity index (χ0n) is 11.1. The van der Waals surface area contributed by atoms with Crippen molar-refractivity contribution in [3.63, 3.8) is 0 Å². The topological polar surface area (TPSA) is 74.2 Å². The maximum Gasteiger partial charge on any atom is 0.128 e. The lowest BCUT2D eigenvalue weighted by Crippen LogP contribution is -2.10. The third-order valence-corrected chi connectivity index (χ3v) is 2.95. The number of anilines is 1. The predicted molar refractivity (Wildman–Crippen MR) is 76.2 cm³/mol. The van der Waals surface area contributed by atoms with E-state index in [1.165, 1.54) is 0 Å². The molecule has 4 heteroatoms. The molecule has 0 aliphatic heterocycles. The molecular formula is C15H19N3O. The van der Waals surface area contributed by atoms with Gasteiger partial charge in [0.05, 0.1) is 13.2 Å². The summed E-state index contributed by atoms with van der Waals surface area (Å²) >= 11 is 0. The first kappa shape index (κ1) is 13.5. The molecular weight excluding hydrogens is 238 g/mol. The van der Waals surface area contributed by atoms with Crippen LogP contribution < -0.4 is 11.5 Å². The second-order valence-corrected chi connectivity index (χ2v) is 4.47. The molecule has 1 aromatic carbocycles. The lowest BCUT2D eigenvalue weighted by molar-refractivity contribution is 0.106. The van der Waals surface area contributed by atoms with Crippen molar-refractivity contribution in [3.05, 3.63) is 58.8 Å². The summed E-state index contributed by atoms with van der Waals surface area (Å²) in [6, 6.07) is 12.0. The molecule has 1 heterocycles. The fourth-order valence-corrected chi connectivity index (χ4v) is 2.01. The summed E-state index contributed by atoms with van der Waals surface area (Å²) in [6.07, 6.45) is 0. The van der Waals surface area contributed by atoms with E-state index >= 15 is 0 Å². The average Bonchev–Trinajstić information content (AvgIpc) is 2.39. The van der Waals surface area contributed by atoms with Crippen molar-refractivity contribution in [1.29, 1.82) is 0 Å². The van der Waals surface area contributed by atoms with Gasteiger partial charge in [0.1, 0.15) is 5.82 Å². The first-order chi connectivity index (χ1) is 9.20. The van der Waals surface area contributed by atoms with Gasteiger partial charge in [0.15, 0.2) is 0 Å². The van der Waals surface area contributed by atoms with Crippen LogP contribution in [0.5, 0.6) is 0 Å². The maximum absolute atomic E-state index is 5.87. The minimum atomic E-state index is 0.378. The number of aromatic nitrogens is 1. The third kappa shape index (κ3) is 3.53. The van der Waals surface area contributed by atoms with Crippen LogP contribution in [0, 0.1) is 6.92 Å². The molecule has 0 bridgehead atoms. The zero-order valence-corrected chi connectivity index (χ0v) is 11.1. The summed E-state index contributed by atoms with van der Waals surface area (Å²) < 4.78 is 5.72. The largest absolute Gasteiger partial charge is 0.383 e. The summed E-state index contributed by atoms with van der Waals surface area (Å²) in [4.78, 5) is 4.21. The van der Waals surface area contributed by atoms with Gasteiger partial charge in [0.25, 0.3) is 0 Å². The van der Waals surface area contributed by atoms with Crippen LogP contribution in [0.3, 0.4) is 0 Å². The minimum absolute atomic E-state index is 0.378. The number of pyridine rings is 1. The van der Waals surface area contributed by atoms with Crippen molar-refractivity contribution in [2.75, 3.05) is 5.73 Å². The van der Waals surface area contributed by atoms with E-state index in [1.807, 2.05) is 43.3 Å². The fraction of sp³-hybridized carbons (Fsp3) is 0.267. The number of hydrogen-bond donors (Lipinski definition) is 2. The van der Waals surface area contributed by atoms with E-state index in [2.05, 4.69) is 4.98 Å². The van der Waals surface area contributed by atoms with Gasteiger partial charge in [-0.25, -0.2) is 4.98 Å². The smallest absolute Gasteiger partial charge is 0.128 e. The molecule has 0 amide bonds. The van der Waals surface area contributed by atoms with Gasteiger partial charge >= 0.3 is 0 Å². The lowest BCUT2D eigenvalue weighted by Gasteiger charge is -2.12. The number of rotatable bonds is 5. The van der Waals surface area contributed by atoms with Crippen LogP contribution in [0.4, 0.5) is 5.82 Å². The molecule has 0 fully saturated rings. The van der Waals surface area contributed by atoms with Crippen LogP contribution in [0.1, 0.15) is 22.4 Å². The Bertz CT molecular complexity index is 541. The van der Waals surface area contributed by atoms with E-state index < -0.39 is 0 Å². The Labute approximate surface area is 113 Å². The molecule has 4 N–H and O–H groups in total. The summed E-state index contributed by atoms with van der Waals surface area (Å²) in [6.45, 7) is 3.36. The molecule has 2 rings (SSSR count). The van der Waals surface area contributed by atoms with Gasteiger partial charge in [-0.15, -0.1) is 0 Å². The highest BCUT2D eigenvalue weighted by atomic mass is 16.5. The molecule has 0 aliphatic carbocycles. The molecule has 2 aromatic rings. The molecule has 19 heavy (non-hydrogen) atoms. The molecule has 0 unspecified atom stereocenters. The summed E-state index contributed by atoms with van der Waals surface area (Å²) in [5.74, 6) is 0.501. The molecule has 0 radical (unpaired) electrons. The molecule has 0 saturated heterocycles. The summed E-state index contributed by atoms with van der Waals surface area (Å²) in [5.41, 5.74) is 15.5. The Morgan fingerprint density at radius 1 is 1.16 bits per heavy atom. The van der Waals surface area contributed by atoms with Crippen LogP contribution in [0.25, 0.3) is 0 Å². The van der Waals surface area contributed by atoms with Crippen molar-refractivity contribution < 1.29 is 4.74 Å². The molecule has 0 saturated carbocycles. The van der Waals surface area contributed by atoms with Crippen molar-refractivity contribution in [2.45, 2.75) is 26.7 Å². The lowest BCUT2D eigenvalue weighted by atomic mass is 10.1. The number of nitrogen functional groups attached to an aromatic ring is 1. The number of benzene rings is 1. The minimum Gasteiger partial charge on any atom is -0.383 e. The van der Waals surface area contributed by atoms with Gasteiger partial charge in [-0.2, -0.15) is 0 Å². The van der Waals surface area contributed by atoms with Crippen LogP contribution in [0.2, 0.25) is 0 Å². The predicted octanol–water partition coefficient (Wildman–Crippen LogP) is 2.15. The van der Waals surface area contributed by atoms with Crippen LogP contribution in [-0.2, 0) is 24.5 Å². The highest BCUT2D eigenvalue weighted by Gasteiger charge is 2.08. The summed E-state index contributed by atoms with van der Waals surface area (Å²) in [7, 11) is 0. The molecule has 4 nitrogen and oxygen atoms in total. The van der Waals surface area contributed by atoms with Gasteiger partial charge < -0.3 is 16.2 Å². The Morgan fingerprint density at radius 2 is 1.89 bits per heavy atom. The quantitative estimate of drug-likeness (QED) is 0.860. The SMILES string of the molecule is Cc1cc(COCc2ccccc2)c(CN)c(N)n1. The molecule has 0 aliphatic rings. The van der Waals surface area contributed by atoms with E-state index in [-0.39, 0.29) is 0 Å². The highest BCUT2D eigenvalue weighted by molar-refractivity contribution is 5.45.